The van der Waals surface area contributed by atoms with Crippen LogP contribution in [0.5, 0.6) is 0 Å². The maximum atomic E-state index is 2.41. The zero-order valence-electron chi connectivity index (χ0n) is 31.8. The van der Waals surface area contributed by atoms with Crippen molar-refractivity contribution in [3.05, 3.63) is 231 Å². The first-order valence-electron chi connectivity index (χ1n) is 19.9. The first-order valence-corrected chi connectivity index (χ1v) is 19.9. The second-order valence-electron chi connectivity index (χ2n) is 15.0. The maximum Gasteiger partial charge on any atom is 0.0546 e. The summed E-state index contributed by atoms with van der Waals surface area (Å²) in [6.07, 6.45) is 0. The van der Waals surface area contributed by atoms with E-state index in [9.17, 15) is 0 Å². The fraction of sp³-hybridized carbons (Fsp3) is 0. The first kappa shape index (κ1) is 33.6. The van der Waals surface area contributed by atoms with Crippen LogP contribution in [0.15, 0.2) is 231 Å². The lowest BCUT2D eigenvalue weighted by atomic mass is 9.94. The molecule has 2 nitrogen and oxygen atoms in total. The Bertz CT molecular complexity index is 3230. The molecule has 0 atom stereocenters. The van der Waals surface area contributed by atoms with Crippen molar-refractivity contribution in [1.29, 1.82) is 0 Å². The number of para-hydroxylation sites is 3. The van der Waals surface area contributed by atoms with Crippen molar-refractivity contribution < 1.29 is 0 Å². The van der Waals surface area contributed by atoms with Crippen LogP contribution in [0.2, 0.25) is 0 Å². The second-order valence-corrected chi connectivity index (χ2v) is 15.0. The molecule has 0 aliphatic heterocycles. The Balaban J connectivity index is 1.05. The molecular formula is C56H38N2. The van der Waals surface area contributed by atoms with E-state index in [0.29, 0.717) is 0 Å². The van der Waals surface area contributed by atoms with Crippen LogP contribution >= 0.6 is 0 Å². The molecule has 0 aliphatic rings. The minimum Gasteiger partial charge on any atom is -0.310 e. The molecule has 0 saturated heterocycles. The van der Waals surface area contributed by atoms with E-state index >= 15 is 0 Å². The van der Waals surface area contributed by atoms with Gasteiger partial charge in [0, 0.05) is 33.4 Å². The second kappa shape index (κ2) is 14.1. The summed E-state index contributed by atoms with van der Waals surface area (Å²) >= 11 is 0. The molecule has 1 heterocycles. The maximum absolute atomic E-state index is 2.41. The minimum atomic E-state index is 1.09. The summed E-state index contributed by atoms with van der Waals surface area (Å²) in [4.78, 5) is 2.41. The number of hydrogen-bond acceptors (Lipinski definition) is 1. The highest BCUT2D eigenvalue weighted by atomic mass is 15.1. The molecule has 272 valence electrons. The molecule has 2 heteroatoms. The average Bonchev–Trinajstić information content (AvgIpc) is 3.64. The van der Waals surface area contributed by atoms with E-state index in [1.807, 2.05) is 0 Å². The van der Waals surface area contributed by atoms with E-state index in [1.54, 1.807) is 0 Å². The van der Waals surface area contributed by atoms with Gasteiger partial charge in [0.2, 0.25) is 0 Å². The fourth-order valence-corrected chi connectivity index (χ4v) is 8.70. The van der Waals surface area contributed by atoms with E-state index in [4.69, 9.17) is 0 Å². The van der Waals surface area contributed by atoms with Gasteiger partial charge in [-0.2, -0.15) is 0 Å². The zero-order valence-corrected chi connectivity index (χ0v) is 31.8. The van der Waals surface area contributed by atoms with Crippen LogP contribution in [0, 0.1) is 0 Å². The Morgan fingerprint density at radius 3 is 1.48 bits per heavy atom. The molecule has 0 bridgehead atoms. The van der Waals surface area contributed by atoms with Crippen LogP contribution in [-0.2, 0) is 0 Å². The van der Waals surface area contributed by atoms with Gasteiger partial charge in [-0.1, -0.05) is 164 Å². The van der Waals surface area contributed by atoms with Gasteiger partial charge >= 0.3 is 0 Å². The van der Waals surface area contributed by atoms with Crippen molar-refractivity contribution in [1.82, 2.24) is 4.57 Å². The Morgan fingerprint density at radius 2 is 0.793 bits per heavy atom. The number of nitrogens with zero attached hydrogens (tertiary/aromatic N) is 2. The summed E-state index contributed by atoms with van der Waals surface area (Å²) in [5.41, 5.74) is 13.9. The van der Waals surface area contributed by atoms with Crippen LogP contribution < -0.4 is 4.90 Å². The van der Waals surface area contributed by atoms with Crippen molar-refractivity contribution in [2.24, 2.45) is 0 Å². The van der Waals surface area contributed by atoms with Gasteiger partial charge in [0.1, 0.15) is 0 Å². The SMILES string of the molecule is c1ccc(N(c2ccc(-c3cccc(-n4c5ccccc5c5ccccc54)c3)cc2)c2cc(-c3ccc4ccccc4c3)ccc2-c2ccc3ccccc3c2)cc1. The number of benzene rings is 10. The molecule has 11 aromatic rings. The number of aromatic nitrogens is 1. The molecular weight excluding hydrogens is 701 g/mol. The van der Waals surface area contributed by atoms with Crippen LogP contribution in [-0.4, -0.2) is 4.57 Å². The predicted octanol–water partition coefficient (Wildman–Crippen LogP) is 15.6. The Kier molecular flexibility index (Phi) is 8.19. The van der Waals surface area contributed by atoms with Crippen molar-refractivity contribution in [3.8, 4) is 39.1 Å². The number of fused-ring (bicyclic) bond motifs is 5. The molecule has 0 spiro atoms. The topological polar surface area (TPSA) is 8.17 Å². The van der Waals surface area contributed by atoms with E-state index < -0.39 is 0 Å². The Hall–Kier alpha value is -7.68. The highest BCUT2D eigenvalue weighted by Crippen LogP contribution is 2.44. The quantitative estimate of drug-likeness (QED) is 0.158. The first-order chi connectivity index (χ1) is 28.7. The van der Waals surface area contributed by atoms with Crippen molar-refractivity contribution in [2.75, 3.05) is 4.90 Å². The summed E-state index contributed by atoms with van der Waals surface area (Å²) in [5, 5.41) is 7.47. The van der Waals surface area contributed by atoms with Crippen molar-refractivity contribution in [2.45, 2.75) is 0 Å². The highest BCUT2D eigenvalue weighted by molar-refractivity contribution is 6.09. The standard InChI is InChI=1S/C56H38N2/c1-2-18-48(19-3-1)57(49-32-29-41(30-33-49)44-17-12-20-50(37-44)58-54-23-10-8-21-52(54)53-22-9-11-24-55(53)58)56-38-46(45-27-25-39-13-4-6-15-42(39)35-45)31-34-51(56)47-28-26-40-14-5-7-16-43(40)36-47/h1-38H. The van der Waals surface area contributed by atoms with Gasteiger partial charge in [-0.05, 0) is 116 Å². The lowest BCUT2D eigenvalue weighted by molar-refractivity contribution is 1.18. The van der Waals surface area contributed by atoms with Crippen molar-refractivity contribution >= 4 is 60.4 Å². The molecule has 0 amide bonds. The minimum absolute atomic E-state index is 1.09. The van der Waals surface area contributed by atoms with Gasteiger partial charge in [-0.15, -0.1) is 0 Å². The predicted molar refractivity (Wildman–Crippen MR) is 247 cm³/mol. The average molecular weight is 739 g/mol. The molecule has 1 aromatic heterocycles. The number of anilines is 3. The molecule has 0 radical (unpaired) electrons. The largest absolute Gasteiger partial charge is 0.310 e. The Labute approximate surface area is 338 Å². The number of hydrogen-bond donors (Lipinski definition) is 0. The highest BCUT2D eigenvalue weighted by Gasteiger charge is 2.20. The van der Waals surface area contributed by atoms with Crippen LogP contribution in [0.3, 0.4) is 0 Å². The molecule has 0 aliphatic carbocycles. The van der Waals surface area contributed by atoms with Gasteiger partial charge < -0.3 is 9.47 Å². The van der Waals surface area contributed by atoms with Crippen molar-refractivity contribution in [3.63, 3.8) is 0 Å². The third-order valence-electron chi connectivity index (χ3n) is 11.5. The van der Waals surface area contributed by atoms with E-state index in [-0.39, 0.29) is 0 Å². The molecule has 0 saturated carbocycles. The monoisotopic (exact) mass is 738 g/mol. The van der Waals surface area contributed by atoms with Gasteiger partial charge in [0.25, 0.3) is 0 Å². The molecule has 58 heavy (non-hydrogen) atoms. The number of rotatable bonds is 7. The summed E-state index contributed by atoms with van der Waals surface area (Å²) in [6, 6.07) is 83.8. The molecule has 10 aromatic carbocycles. The van der Waals surface area contributed by atoms with Gasteiger partial charge in [0.15, 0.2) is 0 Å². The summed E-state index contributed by atoms with van der Waals surface area (Å²) in [6.45, 7) is 0. The summed E-state index contributed by atoms with van der Waals surface area (Å²) in [7, 11) is 0. The molecule has 0 unspecified atom stereocenters. The lowest BCUT2D eigenvalue weighted by Crippen LogP contribution is -2.11. The van der Waals surface area contributed by atoms with Gasteiger partial charge in [-0.25, -0.2) is 0 Å². The normalized spacial score (nSPS) is 11.4. The zero-order chi connectivity index (χ0) is 38.4. The van der Waals surface area contributed by atoms with Crippen LogP contribution in [0.25, 0.3) is 82.4 Å². The molecule has 0 fully saturated rings. The van der Waals surface area contributed by atoms with Crippen LogP contribution in [0.1, 0.15) is 0 Å². The molecule has 0 N–H and O–H groups in total. The van der Waals surface area contributed by atoms with Gasteiger partial charge in [0.05, 0.1) is 16.7 Å². The van der Waals surface area contributed by atoms with E-state index in [1.165, 1.54) is 76.7 Å². The Morgan fingerprint density at radius 1 is 0.293 bits per heavy atom. The summed E-state index contributed by atoms with van der Waals surface area (Å²) in [5.74, 6) is 0. The third-order valence-corrected chi connectivity index (χ3v) is 11.5. The van der Waals surface area contributed by atoms with Gasteiger partial charge in [-0.3, -0.25) is 0 Å². The summed E-state index contributed by atoms with van der Waals surface area (Å²) < 4.78 is 2.39. The smallest absolute Gasteiger partial charge is 0.0546 e. The molecule has 11 rings (SSSR count). The van der Waals surface area contributed by atoms with E-state index in [0.717, 1.165) is 22.7 Å². The van der Waals surface area contributed by atoms with Crippen LogP contribution in [0.4, 0.5) is 17.1 Å². The lowest BCUT2D eigenvalue weighted by Gasteiger charge is -2.29. The fourth-order valence-electron chi connectivity index (χ4n) is 8.70. The third kappa shape index (κ3) is 5.91. The van der Waals surface area contributed by atoms with E-state index in [2.05, 4.69) is 240 Å².